The highest BCUT2D eigenvalue weighted by Crippen LogP contribution is 2.02. The van der Waals surface area contributed by atoms with Crippen LogP contribution in [-0.2, 0) is 30.3 Å². The molecule has 0 bridgehead atoms. The molecule has 0 aliphatic heterocycles. The molecule has 0 heterocycles. The van der Waals surface area contributed by atoms with Crippen molar-refractivity contribution in [2.45, 2.75) is 45.6 Å². The van der Waals surface area contributed by atoms with Crippen molar-refractivity contribution in [2.75, 3.05) is 59.5 Å². The van der Waals surface area contributed by atoms with E-state index in [1.165, 1.54) is 31.2 Å². The summed E-state index contributed by atoms with van der Waals surface area (Å²) in [5, 5.41) is 0. The third-order valence-electron chi connectivity index (χ3n) is 3.99. The van der Waals surface area contributed by atoms with Crippen LogP contribution in [0.15, 0.2) is 30.3 Å². The van der Waals surface area contributed by atoms with E-state index in [4.69, 9.17) is 23.7 Å². The minimum atomic E-state index is 0.579. The molecule has 0 amide bonds. The summed E-state index contributed by atoms with van der Waals surface area (Å²) in [6, 6.07) is 10.1. The first-order valence-corrected chi connectivity index (χ1v) is 10.4. The molecule has 0 saturated heterocycles. The minimum Gasteiger partial charge on any atom is -0.379 e. The Bertz CT molecular complexity index is 399. The molecule has 0 aromatic heterocycles. The Kier molecular flexibility index (Phi) is 17.6. The standard InChI is InChI=1S/C22H38O5/c1-2-3-4-5-9-12-23-13-14-24-15-16-25-17-18-26-19-20-27-21-22-10-7-6-8-11-22/h6-8,10-11H,2-5,9,12-21H2,1H3. The Labute approximate surface area is 165 Å². The number of hydrogen-bond donors (Lipinski definition) is 0. The predicted octanol–water partition coefficient (Wildman–Crippen LogP) is 4.24. The van der Waals surface area contributed by atoms with Crippen LogP contribution >= 0.6 is 0 Å². The van der Waals surface area contributed by atoms with Gasteiger partial charge < -0.3 is 23.7 Å². The Morgan fingerprint density at radius 3 is 1.56 bits per heavy atom. The first-order chi connectivity index (χ1) is 13.4. The van der Waals surface area contributed by atoms with Crippen LogP contribution in [0.1, 0.15) is 44.6 Å². The van der Waals surface area contributed by atoms with E-state index in [0.29, 0.717) is 59.5 Å². The second kappa shape index (κ2) is 19.8. The SMILES string of the molecule is CCCCCCCOCCOCCOCCOCCOCc1ccccc1. The van der Waals surface area contributed by atoms with Gasteiger partial charge >= 0.3 is 0 Å². The summed E-state index contributed by atoms with van der Waals surface area (Å²) in [7, 11) is 0. The Morgan fingerprint density at radius 1 is 0.519 bits per heavy atom. The molecule has 156 valence electrons. The van der Waals surface area contributed by atoms with Gasteiger partial charge in [0.05, 0.1) is 59.5 Å². The number of hydrogen-bond acceptors (Lipinski definition) is 5. The average Bonchev–Trinajstić information content (AvgIpc) is 2.70. The Balaban J connectivity index is 1.67. The monoisotopic (exact) mass is 382 g/mol. The highest BCUT2D eigenvalue weighted by Gasteiger charge is 1.95. The highest BCUT2D eigenvalue weighted by molar-refractivity contribution is 5.13. The fourth-order valence-corrected chi connectivity index (χ4v) is 2.45. The lowest BCUT2D eigenvalue weighted by molar-refractivity contribution is -0.0126. The highest BCUT2D eigenvalue weighted by atomic mass is 16.6. The van der Waals surface area contributed by atoms with E-state index in [1.54, 1.807) is 0 Å². The zero-order valence-corrected chi connectivity index (χ0v) is 17.0. The van der Waals surface area contributed by atoms with E-state index in [9.17, 15) is 0 Å². The smallest absolute Gasteiger partial charge is 0.0718 e. The maximum absolute atomic E-state index is 5.55. The molecule has 0 aliphatic rings. The van der Waals surface area contributed by atoms with Crippen LogP contribution in [0.5, 0.6) is 0 Å². The van der Waals surface area contributed by atoms with Crippen LogP contribution in [0.3, 0.4) is 0 Å². The van der Waals surface area contributed by atoms with Crippen LogP contribution in [0.4, 0.5) is 0 Å². The fourth-order valence-electron chi connectivity index (χ4n) is 2.45. The molecule has 1 aromatic rings. The average molecular weight is 383 g/mol. The molecule has 0 saturated carbocycles. The minimum absolute atomic E-state index is 0.579. The number of benzene rings is 1. The van der Waals surface area contributed by atoms with Gasteiger partial charge in [-0.05, 0) is 12.0 Å². The van der Waals surface area contributed by atoms with Gasteiger partial charge in [0.1, 0.15) is 0 Å². The Hall–Kier alpha value is -0.980. The summed E-state index contributed by atoms with van der Waals surface area (Å²) >= 11 is 0. The van der Waals surface area contributed by atoms with E-state index in [1.807, 2.05) is 18.2 Å². The molecule has 5 heteroatoms. The second-order valence-electron chi connectivity index (χ2n) is 6.40. The summed E-state index contributed by atoms with van der Waals surface area (Å²) < 4.78 is 27.5. The zero-order valence-electron chi connectivity index (χ0n) is 17.0. The second-order valence-corrected chi connectivity index (χ2v) is 6.40. The molecule has 0 fully saturated rings. The molecule has 0 aliphatic carbocycles. The molecule has 0 atom stereocenters. The van der Waals surface area contributed by atoms with Gasteiger partial charge in [0.15, 0.2) is 0 Å². The maximum atomic E-state index is 5.55. The van der Waals surface area contributed by atoms with Gasteiger partial charge in [-0.25, -0.2) is 0 Å². The van der Waals surface area contributed by atoms with Crippen molar-refractivity contribution >= 4 is 0 Å². The van der Waals surface area contributed by atoms with Gasteiger partial charge in [-0.15, -0.1) is 0 Å². The lowest BCUT2D eigenvalue weighted by Gasteiger charge is -2.08. The van der Waals surface area contributed by atoms with Crippen molar-refractivity contribution in [1.82, 2.24) is 0 Å². The van der Waals surface area contributed by atoms with Crippen LogP contribution < -0.4 is 0 Å². The molecule has 1 aromatic carbocycles. The van der Waals surface area contributed by atoms with Crippen LogP contribution in [0, 0.1) is 0 Å². The molecule has 5 nitrogen and oxygen atoms in total. The lowest BCUT2D eigenvalue weighted by atomic mass is 10.2. The normalized spacial score (nSPS) is 11.1. The van der Waals surface area contributed by atoms with E-state index >= 15 is 0 Å². The molecule has 0 unspecified atom stereocenters. The fraction of sp³-hybridized carbons (Fsp3) is 0.727. The van der Waals surface area contributed by atoms with Crippen molar-refractivity contribution in [3.8, 4) is 0 Å². The zero-order chi connectivity index (χ0) is 19.3. The van der Waals surface area contributed by atoms with Gasteiger partial charge in [0.25, 0.3) is 0 Å². The van der Waals surface area contributed by atoms with Crippen LogP contribution in [0.2, 0.25) is 0 Å². The summed E-state index contributed by atoms with van der Waals surface area (Å²) in [6.07, 6.45) is 6.35. The van der Waals surface area contributed by atoms with Crippen molar-refractivity contribution in [3.63, 3.8) is 0 Å². The molecule has 0 spiro atoms. The van der Waals surface area contributed by atoms with Crippen molar-refractivity contribution in [3.05, 3.63) is 35.9 Å². The van der Waals surface area contributed by atoms with E-state index in [-0.39, 0.29) is 0 Å². The van der Waals surface area contributed by atoms with Crippen LogP contribution in [0.25, 0.3) is 0 Å². The van der Waals surface area contributed by atoms with E-state index in [2.05, 4.69) is 19.1 Å². The van der Waals surface area contributed by atoms with Gasteiger partial charge in [-0.3, -0.25) is 0 Å². The molecule has 1 rings (SSSR count). The summed E-state index contributed by atoms with van der Waals surface area (Å²) in [5.41, 5.74) is 1.18. The first kappa shape index (κ1) is 24.1. The quantitative estimate of drug-likeness (QED) is 0.316. The first-order valence-electron chi connectivity index (χ1n) is 10.4. The maximum Gasteiger partial charge on any atom is 0.0718 e. The van der Waals surface area contributed by atoms with Gasteiger partial charge in [-0.2, -0.15) is 0 Å². The van der Waals surface area contributed by atoms with E-state index in [0.717, 1.165) is 13.0 Å². The molecule has 0 radical (unpaired) electrons. The number of rotatable bonds is 20. The molecule has 0 N–H and O–H groups in total. The van der Waals surface area contributed by atoms with Gasteiger partial charge in [-0.1, -0.05) is 62.9 Å². The number of ether oxygens (including phenoxy) is 5. The lowest BCUT2D eigenvalue weighted by Crippen LogP contribution is -2.13. The van der Waals surface area contributed by atoms with Gasteiger partial charge in [0, 0.05) is 6.61 Å². The Morgan fingerprint density at radius 2 is 1.00 bits per heavy atom. The number of unbranched alkanes of at least 4 members (excludes halogenated alkanes) is 4. The topological polar surface area (TPSA) is 46.2 Å². The van der Waals surface area contributed by atoms with Crippen LogP contribution in [-0.4, -0.2) is 59.5 Å². The molecular weight excluding hydrogens is 344 g/mol. The molecular formula is C22H38O5. The third-order valence-corrected chi connectivity index (χ3v) is 3.99. The van der Waals surface area contributed by atoms with Crippen molar-refractivity contribution < 1.29 is 23.7 Å². The third kappa shape index (κ3) is 16.9. The summed E-state index contributed by atoms with van der Waals surface area (Å²) in [4.78, 5) is 0. The van der Waals surface area contributed by atoms with Crippen molar-refractivity contribution in [1.29, 1.82) is 0 Å². The summed E-state index contributed by atoms with van der Waals surface area (Å²) in [5.74, 6) is 0. The van der Waals surface area contributed by atoms with Gasteiger partial charge in [0.2, 0.25) is 0 Å². The molecule has 27 heavy (non-hydrogen) atoms. The summed E-state index contributed by atoms with van der Waals surface area (Å²) in [6.45, 7) is 8.52. The predicted molar refractivity (Wildman–Crippen MR) is 108 cm³/mol. The largest absolute Gasteiger partial charge is 0.379 e. The van der Waals surface area contributed by atoms with Crippen molar-refractivity contribution in [2.24, 2.45) is 0 Å². The van der Waals surface area contributed by atoms with E-state index < -0.39 is 0 Å².